The number of aromatic nitrogens is 2. The molecule has 1 unspecified atom stereocenters. The summed E-state index contributed by atoms with van der Waals surface area (Å²) in [5, 5.41) is 4.51. The van der Waals surface area contributed by atoms with Gasteiger partial charge in [-0.3, -0.25) is 0 Å². The van der Waals surface area contributed by atoms with Gasteiger partial charge >= 0.3 is 0 Å². The number of anilines is 1. The maximum Gasteiger partial charge on any atom is 0.243 e. The lowest BCUT2D eigenvalue weighted by Gasteiger charge is -2.50. The fraction of sp³-hybridized carbons (Fsp3) is 0.360. The minimum absolute atomic E-state index is 0.0206. The van der Waals surface area contributed by atoms with Crippen molar-refractivity contribution in [3.63, 3.8) is 0 Å². The number of ether oxygens (including phenoxy) is 1. The van der Waals surface area contributed by atoms with Gasteiger partial charge in [0.2, 0.25) is 16.0 Å². The highest BCUT2D eigenvalue weighted by molar-refractivity contribution is 7.89. The van der Waals surface area contributed by atoms with Crippen LogP contribution in [0.1, 0.15) is 42.0 Å². The van der Waals surface area contributed by atoms with Gasteiger partial charge in [-0.05, 0) is 66.8 Å². The van der Waals surface area contributed by atoms with Crippen molar-refractivity contribution >= 4 is 27.6 Å². The Morgan fingerprint density at radius 2 is 1.89 bits per heavy atom. The zero-order chi connectivity index (χ0) is 24.5. The molecule has 0 radical (unpaired) electrons. The summed E-state index contributed by atoms with van der Waals surface area (Å²) in [7, 11) is -3.73. The number of benzene rings is 2. The first-order valence-corrected chi connectivity index (χ1v) is 13.6. The third-order valence-electron chi connectivity index (χ3n) is 7.01. The summed E-state index contributed by atoms with van der Waals surface area (Å²) in [4.78, 5) is 7.42. The Balaban J connectivity index is 1.29. The minimum Gasteiger partial charge on any atom is -0.492 e. The second kappa shape index (κ2) is 9.73. The molecule has 184 valence electrons. The van der Waals surface area contributed by atoms with Crippen LogP contribution in [0.2, 0.25) is 5.02 Å². The molecule has 2 aromatic carbocycles. The van der Waals surface area contributed by atoms with E-state index >= 15 is 0 Å². The van der Waals surface area contributed by atoms with Crippen molar-refractivity contribution in [2.45, 2.75) is 42.0 Å². The van der Waals surface area contributed by atoms with E-state index in [1.165, 1.54) is 35.5 Å². The third kappa shape index (κ3) is 4.86. The van der Waals surface area contributed by atoms with E-state index in [0.29, 0.717) is 0 Å². The van der Waals surface area contributed by atoms with Gasteiger partial charge in [-0.1, -0.05) is 36.2 Å². The van der Waals surface area contributed by atoms with Crippen LogP contribution in [-0.2, 0) is 21.9 Å². The first-order chi connectivity index (χ1) is 16.9. The number of rotatable bonds is 8. The topological polar surface area (TPSA) is 119 Å². The van der Waals surface area contributed by atoms with E-state index in [4.69, 9.17) is 22.1 Å². The highest BCUT2D eigenvalue weighted by Gasteiger charge is 2.47. The average molecular weight is 514 g/mol. The Kier molecular flexibility index (Phi) is 6.67. The molecule has 1 atom stereocenters. The standard InChI is InChI=1S/C25H28ClN5O3S/c26-19-5-3-18(4-6-19)25(9-1-10-25)23-22-14-20(7-2-17(22)8-11-28-23)34-13-12-31-35(32,33)21-15-29-24(27)30-16-21/h2-7,14-16,23,28,31H,1,8-13H2,(H2,27,29,30). The number of nitrogen functional groups attached to an aromatic ring is 1. The largest absolute Gasteiger partial charge is 0.492 e. The molecule has 0 saturated heterocycles. The molecule has 8 nitrogen and oxygen atoms in total. The van der Waals surface area contributed by atoms with E-state index in [0.717, 1.165) is 36.6 Å². The molecule has 10 heteroatoms. The zero-order valence-electron chi connectivity index (χ0n) is 19.2. The van der Waals surface area contributed by atoms with Crippen LogP contribution < -0.4 is 20.5 Å². The lowest BCUT2D eigenvalue weighted by Crippen LogP contribution is -2.49. The Morgan fingerprint density at radius 1 is 1.14 bits per heavy atom. The van der Waals surface area contributed by atoms with Crippen LogP contribution in [-0.4, -0.2) is 38.1 Å². The fourth-order valence-corrected chi connectivity index (χ4v) is 6.12. The van der Waals surface area contributed by atoms with Crippen LogP contribution in [0.3, 0.4) is 0 Å². The summed E-state index contributed by atoms with van der Waals surface area (Å²) >= 11 is 6.15. The lowest BCUT2D eigenvalue weighted by atomic mass is 9.58. The Bertz CT molecular complexity index is 1300. The predicted molar refractivity (Wildman–Crippen MR) is 135 cm³/mol. The van der Waals surface area contributed by atoms with Crippen LogP contribution >= 0.6 is 11.6 Å². The first-order valence-electron chi connectivity index (χ1n) is 11.7. The van der Waals surface area contributed by atoms with E-state index in [-0.39, 0.29) is 35.5 Å². The number of sulfonamides is 1. The highest BCUT2D eigenvalue weighted by atomic mass is 35.5. The van der Waals surface area contributed by atoms with E-state index in [1.54, 1.807) is 0 Å². The Morgan fingerprint density at radius 3 is 2.57 bits per heavy atom. The number of nitrogens with zero attached hydrogens (tertiary/aromatic N) is 2. The summed E-state index contributed by atoms with van der Waals surface area (Å²) < 4.78 is 33.2. The van der Waals surface area contributed by atoms with Gasteiger partial charge < -0.3 is 15.8 Å². The number of hydrogen-bond acceptors (Lipinski definition) is 7. The second-order valence-electron chi connectivity index (χ2n) is 9.04. The molecule has 1 aliphatic heterocycles. The van der Waals surface area contributed by atoms with E-state index in [9.17, 15) is 8.42 Å². The normalized spacial score (nSPS) is 18.9. The number of hydrogen-bond donors (Lipinski definition) is 3. The van der Waals surface area contributed by atoms with Crippen molar-refractivity contribution in [2.75, 3.05) is 25.4 Å². The molecular formula is C25H28ClN5O3S. The summed E-state index contributed by atoms with van der Waals surface area (Å²) in [6, 6.07) is 14.6. The molecule has 0 bridgehead atoms. The highest BCUT2D eigenvalue weighted by Crippen LogP contribution is 2.53. The first kappa shape index (κ1) is 24.0. The summed E-state index contributed by atoms with van der Waals surface area (Å²) in [6.45, 7) is 1.23. The van der Waals surface area contributed by atoms with Crippen LogP contribution in [0.15, 0.2) is 59.8 Å². The smallest absolute Gasteiger partial charge is 0.243 e. The van der Waals surface area contributed by atoms with Crippen molar-refractivity contribution in [1.82, 2.24) is 20.0 Å². The second-order valence-corrected chi connectivity index (χ2v) is 11.2. The molecular weight excluding hydrogens is 486 g/mol. The molecule has 35 heavy (non-hydrogen) atoms. The molecule has 4 N–H and O–H groups in total. The summed E-state index contributed by atoms with van der Waals surface area (Å²) in [5.74, 6) is 0.741. The average Bonchev–Trinajstić information content (AvgIpc) is 2.83. The van der Waals surface area contributed by atoms with Crippen LogP contribution in [0.25, 0.3) is 0 Å². The maximum atomic E-state index is 12.4. The molecule has 1 aromatic heterocycles. The zero-order valence-corrected chi connectivity index (χ0v) is 20.8. The van der Waals surface area contributed by atoms with Gasteiger partial charge in [0.25, 0.3) is 0 Å². The van der Waals surface area contributed by atoms with Gasteiger partial charge in [0.05, 0.1) is 12.4 Å². The number of nitrogens with two attached hydrogens (primary N) is 1. The molecule has 3 aromatic rings. The van der Waals surface area contributed by atoms with Crippen LogP contribution in [0, 0.1) is 0 Å². The monoisotopic (exact) mass is 513 g/mol. The number of halogens is 1. The molecule has 1 aliphatic carbocycles. The van der Waals surface area contributed by atoms with Gasteiger partial charge in [-0.2, -0.15) is 0 Å². The lowest BCUT2D eigenvalue weighted by molar-refractivity contribution is 0.164. The molecule has 1 saturated carbocycles. The van der Waals surface area contributed by atoms with Gasteiger partial charge in [0, 0.05) is 23.0 Å². The van der Waals surface area contributed by atoms with Crippen LogP contribution in [0.4, 0.5) is 5.95 Å². The quantitative estimate of drug-likeness (QED) is 0.395. The van der Waals surface area contributed by atoms with Crippen molar-refractivity contribution < 1.29 is 13.2 Å². The van der Waals surface area contributed by atoms with Gasteiger partial charge in [0.1, 0.15) is 17.3 Å². The molecule has 0 amide bonds. The summed E-state index contributed by atoms with van der Waals surface area (Å²) in [5.41, 5.74) is 9.35. The molecule has 0 spiro atoms. The SMILES string of the molecule is Nc1ncc(S(=O)(=O)NCCOc2ccc3c(c2)C(C2(c4ccc(Cl)cc4)CCC2)NCC3)cn1. The Hall–Kier alpha value is -2.72. The van der Waals surface area contributed by atoms with E-state index in [1.807, 2.05) is 18.2 Å². The number of fused-ring (bicyclic) bond motifs is 1. The van der Waals surface area contributed by atoms with Crippen molar-refractivity contribution in [3.05, 3.63) is 76.6 Å². The maximum absolute atomic E-state index is 12.4. The van der Waals surface area contributed by atoms with Gasteiger partial charge in [-0.25, -0.2) is 23.1 Å². The molecule has 2 aliphatic rings. The van der Waals surface area contributed by atoms with E-state index < -0.39 is 10.0 Å². The minimum atomic E-state index is -3.73. The molecule has 5 rings (SSSR count). The Labute approximate surface area is 210 Å². The van der Waals surface area contributed by atoms with Gasteiger partial charge in [0.15, 0.2) is 0 Å². The third-order valence-corrected chi connectivity index (χ3v) is 8.68. The summed E-state index contributed by atoms with van der Waals surface area (Å²) in [6.07, 6.45) is 6.76. The van der Waals surface area contributed by atoms with Crippen LogP contribution in [0.5, 0.6) is 5.75 Å². The van der Waals surface area contributed by atoms with Crippen molar-refractivity contribution in [2.24, 2.45) is 0 Å². The number of nitrogens with one attached hydrogen (secondary N) is 2. The molecule has 1 fully saturated rings. The molecule has 2 heterocycles. The van der Waals surface area contributed by atoms with Crippen molar-refractivity contribution in [1.29, 1.82) is 0 Å². The van der Waals surface area contributed by atoms with Gasteiger partial charge in [-0.15, -0.1) is 0 Å². The fourth-order valence-electron chi connectivity index (χ4n) is 5.09. The van der Waals surface area contributed by atoms with E-state index in [2.05, 4.69) is 44.3 Å². The predicted octanol–water partition coefficient (Wildman–Crippen LogP) is 3.38. The van der Waals surface area contributed by atoms with Crippen molar-refractivity contribution in [3.8, 4) is 5.75 Å².